The Hall–Kier alpha value is -3.74. The molecule has 6 heteroatoms. The van der Waals surface area contributed by atoms with Gasteiger partial charge in [0, 0.05) is 66.0 Å². The smallest absolute Gasteiger partial charge is 0.176 e. The van der Waals surface area contributed by atoms with E-state index in [2.05, 4.69) is 78.0 Å². The predicted octanol–water partition coefficient (Wildman–Crippen LogP) is 8.57. The minimum Gasteiger partial charge on any atom is -0.350 e. The zero-order valence-electron chi connectivity index (χ0n) is 22.5. The number of Topliss-reactive ketones (excluding diaryl/α,β-unsaturated/α-hetero) is 2. The average molecular weight is 563 g/mol. The number of ketones is 2. The number of hydrogen-bond acceptors (Lipinski definition) is 4. The van der Waals surface area contributed by atoms with E-state index in [0.29, 0.717) is 12.8 Å². The number of para-hydroxylation sites is 2. The summed E-state index contributed by atoms with van der Waals surface area (Å²) in [6, 6.07) is 24.8. The lowest BCUT2D eigenvalue weighted by Gasteiger charge is -2.36. The van der Waals surface area contributed by atoms with Gasteiger partial charge < -0.3 is 9.13 Å². The van der Waals surface area contributed by atoms with Crippen molar-refractivity contribution in [3.05, 3.63) is 116 Å². The van der Waals surface area contributed by atoms with Crippen molar-refractivity contribution in [1.29, 1.82) is 0 Å². The van der Waals surface area contributed by atoms with Crippen LogP contribution in [0.1, 0.15) is 67.3 Å². The fourth-order valence-corrected chi connectivity index (χ4v) is 8.42. The molecule has 40 heavy (non-hydrogen) atoms. The standard InChI is InChI=1S/C34H30N2O2S2/c1-35-20-26(21-9-3-5-11-27(21)35)24-19-25(34(38)31-14-8-18-40-31)22(15-16-29(37)30-13-7-17-39-30)32-23-10-4-6-12-28(23)36(2)33(24)32/h3-14,17-18,20,22,24-25H,15-16,19H2,1-2H3. The first-order valence-corrected chi connectivity index (χ1v) is 15.5. The molecule has 0 N–H and O–H groups in total. The first-order valence-electron chi connectivity index (χ1n) is 13.8. The minimum atomic E-state index is -0.211. The van der Waals surface area contributed by atoms with E-state index in [1.165, 1.54) is 61.3 Å². The van der Waals surface area contributed by atoms with Gasteiger partial charge in [0.05, 0.1) is 9.75 Å². The summed E-state index contributed by atoms with van der Waals surface area (Å²) in [6.07, 6.45) is 4.06. The fraction of sp³-hybridized carbons (Fsp3) is 0.235. The van der Waals surface area contributed by atoms with Crippen LogP contribution in [0.2, 0.25) is 0 Å². The molecule has 3 unspecified atom stereocenters. The summed E-state index contributed by atoms with van der Waals surface area (Å²) in [5.74, 6) is 0.183. The van der Waals surface area contributed by atoms with Gasteiger partial charge in [0.15, 0.2) is 11.6 Å². The predicted molar refractivity (Wildman–Crippen MR) is 165 cm³/mol. The lowest BCUT2D eigenvalue weighted by molar-refractivity contribution is 0.0866. The zero-order valence-corrected chi connectivity index (χ0v) is 24.2. The normalized spacial score (nSPS) is 18.8. The van der Waals surface area contributed by atoms with Crippen molar-refractivity contribution in [2.45, 2.75) is 31.1 Å². The Morgan fingerprint density at radius 2 is 1.50 bits per heavy atom. The number of hydrogen-bond donors (Lipinski definition) is 0. The Morgan fingerprint density at radius 1 is 0.825 bits per heavy atom. The lowest BCUT2D eigenvalue weighted by Crippen LogP contribution is -2.31. The Labute approximate surface area is 241 Å². The average Bonchev–Trinajstić information content (AvgIpc) is 3.79. The van der Waals surface area contributed by atoms with Crippen molar-refractivity contribution >= 4 is 56.0 Å². The van der Waals surface area contributed by atoms with Crippen LogP contribution in [0.5, 0.6) is 0 Å². The summed E-state index contributed by atoms with van der Waals surface area (Å²) in [5, 5.41) is 6.37. The molecule has 1 aliphatic carbocycles. The van der Waals surface area contributed by atoms with Crippen LogP contribution in [-0.4, -0.2) is 20.7 Å². The Kier molecular flexibility index (Phi) is 6.32. The Bertz CT molecular complexity index is 1860. The van der Waals surface area contributed by atoms with E-state index in [9.17, 15) is 9.59 Å². The maximum Gasteiger partial charge on any atom is 0.176 e. The SMILES string of the molecule is Cn1cc(C2CC(C(=O)c3cccs3)C(CCC(=O)c3cccs3)c3c2n(C)c2ccccc32)c2ccccc21. The summed E-state index contributed by atoms with van der Waals surface area (Å²) in [4.78, 5) is 29.0. The van der Waals surface area contributed by atoms with Crippen LogP contribution >= 0.6 is 22.7 Å². The highest BCUT2D eigenvalue weighted by atomic mass is 32.1. The molecule has 4 heterocycles. The number of fused-ring (bicyclic) bond motifs is 4. The molecule has 0 amide bonds. The van der Waals surface area contributed by atoms with Gasteiger partial charge in [-0.25, -0.2) is 0 Å². The number of carbonyl (C=O) groups excluding carboxylic acids is 2. The van der Waals surface area contributed by atoms with Crippen LogP contribution in [0.25, 0.3) is 21.8 Å². The number of thiophene rings is 2. The number of carbonyl (C=O) groups is 2. The van der Waals surface area contributed by atoms with Gasteiger partial charge in [-0.1, -0.05) is 48.5 Å². The third-order valence-corrected chi connectivity index (χ3v) is 10.5. The zero-order chi connectivity index (χ0) is 27.4. The molecule has 6 aromatic rings. The van der Waals surface area contributed by atoms with Crippen molar-refractivity contribution in [2.24, 2.45) is 20.0 Å². The molecule has 3 atom stereocenters. The highest BCUT2D eigenvalue weighted by Crippen LogP contribution is 2.53. The Balaban J connectivity index is 1.43. The summed E-state index contributed by atoms with van der Waals surface area (Å²) in [5.41, 5.74) is 6.17. The number of benzene rings is 2. The van der Waals surface area contributed by atoms with Gasteiger partial charge >= 0.3 is 0 Å². The molecule has 0 saturated heterocycles. The second kappa shape index (κ2) is 10.0. The molecule has 1 aliphatic rings. The minimum absolute atomic E-state index is 0.0363. The second-order valence-corrected chi connectivity index (χ2v) is 12.8. The van der Waals surface area contributed by atoms with E-state index < -0.39 is 0 Å². The van der Waals surface area contributed by atoms with Crippen LogP contribution in [-0.2, 0) is 14.1 Å². The quantitative estimate of drug-likeness (QED) is 0.183. The molecule has 0 bridgehead atoms. The topological polar surface area (TPSA) is 44.0 Å². The monoisotopic (exact) mass is 562 g/mol. The van der Waals surface area contributed by atoms with Gasteiger partial charge in [-0.3, -0.25) is 9.59 Å². The van der Waals surface area contributed by atoms with Gasteiger partial charge in [-0.15, -0.1) is 22.7 Å². The third-order valence-electron chi connectivity index (χ3n) is 8.75. The molecule has 200 valence electrons. The molecule has 7 rings (SSSR count). The third kappa shape index (κ3) is 4.01. The van der Waals surface area contributed by atoms with E-state index in [0.717, 1.165) is 16.2 Å². The first-order chi connectivity index (χ1) is 19.5. The maximum absolute atomic E-state index is 14.3. The molecule has 4 aromatic heterocycles. The summed E-state index contributed by atoms with van der Waals surface area (Å²) < 4.78 is 4.55. The van der Waals surface area contributed by atoms with Crippen molar-refractivity contribution in [3.8, 4) is 0 Å². The van der Waals surface area contributed by atoms with Gasteiger partial charge in [0.2, 0.25) is 0 Å². The first kappa shape index (κ1) is 25.2. The van der Waals surface area contributed by atoms with Crippen molar-refractivity contribution in [2.75, 3.05) is 0 Å². The van der Waals surface area contributed by atoms with Gasteiger partial charge in [-0.2, -0.15) is 0 Å². The number of aryl methyl sites for hydroxylation is 2. The van der Waals surface area contributed by atoms with Gasteiger partial charge in [0.1, 0.15) is 0 Å². The molecule has 0 aliphatic heterocycles. The molecule has 4 nitrogen and oxygen atoms in total. The molecule has 0 saturated carbocycles. The number of aromatic nitrogens is 2. The van der Waals surface area contributed by atoms with Crippen LogP contribution in [0.4, 0.5) is 0 Å². The second-order valence-electron chi connectivity index (χ2n) is 10.9. The van der Waals surface area contributed by atoms with E-state index in [1.54, 1.807) is 0 Å². The maximum atomic E-state index is 14.3. The van der Waals surface area contributed by atoms with E-state index in [-0.39, 0.29) is 29.3 Å². The molecule has 0 radical (unpaired) electrons. The van der Waals surface area contributed by atoms with E-state index in [1.807, 2.05) is 35.0 Å². The molecule has 0 fully saturated rings. The van der Waals surface area contributed by atoms with Gasteiger partial charge in [-0.05, 0) is 64.9 Å². The highest BCUT2D eigenvalue weighted by Gasteiger charge is 2.43. The van der Waals surface area contributed by atoms with Gasteiger partial charge in [0.25, 0.3) is 0 Å². The summed E-state index contributed by atoms with van der Waals surface area (Å²) >= 11 is 3.01. The lowest BCUT2D eigenvalue weighted by atomic mass is 9.67. The largest absolute Gasteiger partial charge is 0.350 e. The molecular weight excluding hydrogens is 533 g/mol. The van der Waals surface area contributed by atoms with Crippen molar-refractivity contribution < 1.29 is 9.59 Å². The van der Waals surface area contributed by atoms with Crippen LogP contribution in [0, 0.1) is 5.92 Å². The Morgan fingerprint density at radius 3 is 2.23 bits per heavy atom. The fourth-order valence-electron chi connectivity index (χ4n) is 6.99. The van der Waals surface area contributed by atoms with Crippen LogP contribution in [0.15, 0.2) is 89.8 Å². The van der Waals surface area contributed by atoms with Crippen LogP contribution < -0.4 is 0 Å². The number of nitrogens with zero attached hydrogens (tertiary/aromatic N) is 2. The van der Waals surface area contributed by atoms with E-state index >= 15 is 0 Å². The molecule has 2 aromatic carbocycles. The summed E-state index contributed by atoms with van der Waals surface area (Å²) in [6.45, 7) is 0. The van der Waals surface area contributed by atoms with E-state index in [4.69, 9.17) is 0 Å². The van der Waals surface area contributed by atoms with Crippen molar-refractivity contribution in [3.63, 3.8) is 0 Å². The molecular formula is C34H30N2O2S2. The van der Waals surface area contributed by atoms with Crippen LogP contribution in [0.3, 0.4) is 0 Å². The summed E-state index contributed by atoms with van der Waals surface area (Å²) in [7, 11) is 4.26. The highest BCUT2D eigenvalue weighted by molar-refractivity contribution is 7.12. The van der Waals surface area contributed by atoms with Crippen molar-refractivity contribution in [1.82, 2.24) is 9.13 Å². The molecule has 0 spiro atoms. The number of rotatable bonds is 7.